The predicted octanol–water partition coefficient (Wildman–Crippen LogP) is 1.88. The van der Waals surface area contributed by atoms with Gasteiger partial charge in [-0.05, 0) is 36.1 Å². The molecule has 0 aliphatic heterocycles. The molecule has 3 atom stereocenters. The van der Waals surface area contributed by atoms with Crippen LogP contribution in [0.1, 0.15) is 30.9 Å². The highest BCUT2D eigenvalue weighted by molar-refractivity contribution is 5.92. The quantitative estimate of drug-likeness (QED) is 0.453. The number of fused-ring (bicyclic) bond motifs is 3. The second-order valence-electron chi connectivity index (χ2n) is 8.25. The van der Waals surface area contributed by atoms with Gasteiger partial charge in [0, 0.05) is 13.0 Å². The lowest BCUT2D eigenvalue weighted by molar-refractivity contribution is -0.146. The van der Waals surface area contributed by atoms with Crippen LogP contribution in [-0.4, -0.2) is 66.2 Å². The normalized spacial score (nSPS) is 16.0. The van der Waals surface area contributed by atoms with Gasteiger partial charge < -0.3 is 30.3 Å². The van der Waals surface area contributed by atoms with E-state index in [4.69, 9.17) is 9.47 Å². The molecule has 0 heterocycles. The van der Waals surface area contributed by atoms with Gasteiger partial charge in [0.2, 0.25) is 5.91 Å². The fourth-order valence-corrected chi connectivity index (χ4v) is 4.00. The summed E-state index contributed by atoms with van der Waals surface area (Å²) >= 11 is 0. The zero-order valence-electron chi connectivity index (χ0n) is 18.7. The number of carbonyl (C=O) groups is 3. The number of carboxylic acids is 1. The number of aliphatic carboxylic acids is 1. The van der Waals surface area contributed by atoms with Crippen LogP contribution in [0.3, 0.4) is 0 Å². The van der Waals surface area contributed by atoms with Crippen molar-refractivity contribution in [3.8, 4) is 11.1 Å². The molecule has 33 heavy (non-hydrogen) atoms. The minimum absolute atomic E-state index is 0.0516. The van der Waals surface area contributed by atoms with Crippen molar-refractivity contribution in [2.24, 2.45) is 0 Å². The van der Waals surface area contributed by atoms with E-state index in [1.54, 1.807) is 0 Å². The SMILES string of the molecule is COCC(C)(NC(=O)OCC1c2ccccc2-c2ccccc21)C(=O)NC(C(=O)O)C(C)O. The first-order chi connectivity index (χ1) is 15.7. The van der Waals surface area contributed by atoms with Crippen molar-refractivity contribution in [2.45, 2.75) is 37.5 Å². The molecule has 3 rings (SSSR count). The van der Waals surface area contributed by atoms with Crippen molar-refractivity contribution >= 4 is 18.0 Å². The number of aliphatic hydroxyl groups excluding tert-OH is 1. The average Bonchev–Trinajstić information content (AvgIpc) is 3.09. The van der Waals surface area contributed by atoms with Gasteiger partial charge in [0.1, 0.15) is 12.1 Å². The molecular formula is C24H28N2O7. The summed E-state index contributed by atoms with van der Waals surface area (Å²) in [5.74, 6) is -2.39. The Morgan fingerprint density at radius 1 is 1.06 bits per heavy atom. The van der Waals surface area contributed by atoms with Crippen molar-refractivity contribution < 1.29 is 34.1 Å². The predicted molar refractivity (Wildman–Crippen MR) is 120 cm³/mol. The Morgan fingerprint density at radius 3 is 2.09 bits per heavy atom. The average molecular weight is 456 g/mol. The Hall–Kier alpha value is -3.43. The van der Waals surface area contributed by atoms with Crippen molar-refractivity contribution in [1.82, 2.24) is 10.6 Å². The molecule has 3 unspecified atom stereocenters. The first kappa shape index (κ1) is 24.2. The van der Waals surface area contributed by atoms with Crippen LogP contribution in [0, 0.1) is 0 Å². The number of hydrogen-bond donors (Lipinski definition) is 4. The number of aliphatic hydroxyl groups is 1. The van der Waals surface area contributed by atoms with Crippen molar-refractivity contribution in [1.29, 1.82) is 0 Å². The van der Waals surface area contributed by atoms with Crippen molar-refractivity contribution in [3.05, 3.63) is 59.7 Å². The molecule has 2 aromatic carbocycles. The third-order valence-electron chi connectivity index (χ3n) is 5.69. The number of carboxylic acid groups (broad SMARTS) is 1. The molecule has 0 spiro atoms. The minimum Gasteiger partial charge on any atom is -0.480 e. The van der Waals surface area contributed by atoms with Gasteiger partial charge in [0.15, 0.2) is 6.04 Å². The number of benzene rings is 2. The molecule has 0 saturated carbocycles. The number of hydrogen-bond acceptors (Lipinski definition) is 6. The van der Waals surface area contributed by atoms with Gasteiger partial charge in [-0.3, -0.25) is 4.79 Å². The Bertz CT molecular complexity index is 993. The summed E-state index contributed by atoms with van der Waals surface area (Å²) in [6, 6.07) is 14.3. The van der Waals surface area contributed by atoms with Crippen LogP contribution in [-0.2, 0) is 19.1 Å². The smallest absolute Gasteiger partial charge is 0.408 e. The molecule has 1 aliphatic rings. The molecule has 2 amide bonds. The van der Waals surface area contributed by atoms with E-state index < -0.39 is 35.7 Å². The van der Waals surface area contributed by atoms with Crippen LogP contribution in [0.25, 0.3) is 11.1 Å². The van der Waals surface area contributed by atoms with Gasteiger partial charge >= 0.3 is 12.1 Å². The van der Waals surface area contributed by atoms with Crippen LogP contribution < -0.4 is 10.6 Å². The molecule has 0 saturated heterocycles. The van der Waals surface area contributed by atoms with E-state index in [2.05, 4.69) is 10.6 Å². The van der Waals surface area contributed by atoms with Crippen molar-refractivity contribution in [3.63, 3.8) is 0 Å². The summed E-state index contributed by atoms with van der Waals surface area (Å²) in [5.41, 5.74) is 2.64. The molecule has 2 aromatic rings. The second kappa shape index (κ2) is 10.0. The molecular weight excluding hydrogens is 428 g/mol. The molecule has 0 aromatic heterocycles. The number of ether oxygens (including phenoxy) is 2. The number of amides is 2. The van der Waals surface area contributed by atoms with E-state index in [-0.39, 0.29) is 19.1 Å². The van der Waals surface area contributed by atoms with E-state index in [1.165, 1.54) is 21.0 Å². The van der Waals surface area contributed by atoms with Crippen LogP contribution in [0.2, 0.25) is 0 Å². The van der Waals surface area contributed by atoms with Gasteiger partial charge in [-0.15, -0.1) is 0 Å². The number of rotatable bonds is 9. The zero-order valence-corrected chi connectivity index (χ0v) is 18.7. The molecule has 9 nitrogen and oxygen atoms in total. The Labute approximate surface area is 191 Å². The molecule has 1 aliphatic carbocycles. The summed E-state index contributed by atoms with van der Waals surface area (Å²) in [6.07, 6.45) is -2.19. The summed E-state index contributed by atoms with van der Waals surface area (Å²) < 4.78 is 10.5. The fourth-order valence-electron chi connectivity index (χ4n) is 4.00. The van der Waals surface area contributed by atoms with E-state index in [0.717, 1.165) is 22.3 Å². The van der Waals surface area contributed by atoms with E-state index in [0.29, 0.717) is 0 Å². The highest BCUT2D eigenvalue weighted by atomic mass is 16.5. The summed E-state index contributed by atoms with van der Waals surface area (Å²) in [4.78, 5) is 36.7. The summed E-state index contributed by atoms with van der Waals surface area (Å²) in [5, 5.41) is 23.6. The first-order valence-electron chi connectivity index (χ1n) is 10.5. The molecule has 0 radical (unpaired) electrons. The van der Waals surface area contributed by atoms with Gasteiger partial charge in [-0.25, -0.2) is 9.59 Å². The number of nitrogens with one attached hydrogen (secondary N) is 2. The van der Waals surface area contributed by atoms with Gasteiger partial charge in [-0.2, -0.15) is 0 Å². The van der Waals surface area contributed by atoms with E-state index in [9.17, 15) is 24.6 Å². The van der Waals surface area contributed by atoms with Crippen LogP contribution in [0.15, 0.2) is 48.5 Å². The molecule has 176 valence electrons. The maximum atomic E-state index is 12.8. The molecule has 9 heteroatoms. The Balaban J connectivity index is 1.71. The number of carbonyl (C=O) groups excluding carboxylic acids is 2. The lowest BCUT2D eigenvalue weighted by atomic mass is 9.98. The third kappa shape index (κ3) is 5.15. The minimum atomic E-state index is -1.63. The number of alkyl carbamates (subject to hydrolysis) is 1. The topological polar surface area (TPSA) is 134 Å². The maximum absolute atomic E-state index is 12.8. The van der Waals surface area contributed by atoms with Crippen molar-refractivity contribution in [2.75, 3.05) is 20.3 Å². The summed E-state index contributed by atoms with van der Waals surface area (Å²) in [6.45, 7) is 2.44. The maximum Gasteiger partial charge on any atom is 0.408 e. The van der Waals surface area contributed by atoms with Gasteiger partial charge in [0.05, 0.1) is 12.7 Å². The van der Waals surface area contributed by atoms with Crippen LogP contribution in [0.4, 0.5) is 4.79 Å². The van der Waals surface area contributed by atoms with Gasteiger partial charge in [0.25, 0.3) is 0 Å². The first-order valence-corrected chi connectivity index (χ1v) is 10.5. The highest BCUT2D eigenvalue weighted by Crippen LogP contribution is 2.44. The largest absolute Gasteiger partial charge is 0.480 e. The van der Waals surface area contributed by atoms with E-state index in [1.807, 2.05) is 48.5 Å². The third-order valence-corrected chi connectivity index (χ3v) is 5.69. The highest BCUT2D eigenvalue weighted by Gasteiger charge is 2.39. The zero-order chi connectivity index (χ0) is 24.2. The summed E-state index contributed by atoms with van der Waals surface area (Å²) in [7, 11) is 1.34. The molecule has 4 N–H and O–H groups in total. The lowest BCUT2D eigenvalue weighted by Gasteiger charge is -2.30. The van der Waals surface area contributed by atoms with Crippen LogP contribution >= 0.6 is 0 Å². The monoisotopic (exact) mass is 456 g/mol. The fraction of sp³-hybridized carbons (Fsp3) is 0.375. The molecule has 0 bridgehead atoms. The standard InChI is InChI=1S/C24H28N2O7/c1-14(27)20(21(28)29)25-22(30)24(2,13-32-3)26-23(31)33-12-19-17-10-6-4-8-15(17)16-9-5-7-11-18(16)19/h4-11,14,19-20,27H,12-13H2,1-3H3,(H,25,30)(H,26,31)(H,28,29). The Morgan fingerprint density at radius 2 is 1.61 bits per heavy atom. The lowest BCUT2D eigenvalue weighted by Crippen LogP contribution is -2.63. The second-order valence-corrected chi connectivity index (χ2v) is 8.25. The number of methoxy groups -OCH3 is 1. The van der Waals surface area contributed by atoms with Gasteiger partial charge in [-0.1, -0.05) is 48.5 Å². The van der Waals surface area contributed by atoms with Crippen LogP contribution in [0.5, 0.6) is 0 Å². The molecule has 0 fully saturated rings. The van der Waals surface area contributed by atoms with E-state index >= 15 is 0 Å². The Kier molecular flexibility index (Phi) is 7.35.